The van der Waals surface area contributed by atoms with E-state index in [9.17, 15) is 14.0 Å². The summed E-state index contributed by atoms with van der Waals surface area (Å²) in [5.74, 6) is -1.31. The minimum absolute atomic E-state index is 0.122. The molecule has 1 aliphatic rings. The summed E-state index contributed by atoms with van der Waals surface area (Å²) in [6.07, 6.45) is 2.42. The molecule has 0 saturated carbocycles. The normalized spacial score (nSPS) is 15.9. The van der Waals surface area contributed by atoms with Gasteiger partial charge in [0.2, 0.25) is 5.91 Å². The van der Waals surface area contributed by atoms with E-state index in [0.29, 0.717) is 16.8 Å². The quantitative estimate of drug-likeness (QED) is 0.580. The first kappa shape index (κ1) is 20.5. The molecule has 2 heterocycles. The number of amides is 2. The number of hydrogen-bond acceptors (Lipinski definition) is 3. The van der Waals surface area contributed by atoms with Crippen LogP contribution in [-0.2, 0) is 16.0 Å². The van der Waals surface area contributed by atoms with Gasteiger partial charge in [0.25, 0.3) is 5.91 Å². The molecule has 6 nitrogen and oxygen atoms in total. The van der Waals surface area contributed by atoms with Gasteiger partial charge in [0, 0.05) is 41.1 Å². The molecule has 158 valence electrons. The van der Waals surface area contributed by atoms with Crippen LogP contribution in [0.15, 0.2) is 60.3 Å². The monoisotopic (exact) mass is 418 g/mol. The number of aryl methyl sites for hydroxylation is 2. The van der Waals surface area contributed by atoms with Gasteiger partial charge in [-0.2, -0.15) is 5.10 Å². The minimum Gasteiger partial charge on any atom is -0.332 e. The predicted octanol–water partition coefficient (Wildman–Crippen LogP) is 4.21. The zero-order chi connectivity index (χ0) is 22.0. The molecule has 7 heteroatoms. The molecule has 1 aromatic heterocycles. The fraction of sp³-hybridized carbons (Fsp3) is 0.208. The summed E-state index contributed by atoms with van der Waals surface area (Å²) in [6.45, 7) is 3.96. The van der Waals surface area contributed by atoms with E-state index in [1.807, 2.05) is 38.1 Å². The summed E-state index contributed by atoms with van der Waals surface area (Å²) in [4.78, 5) is 25.1. The summed E-state index contributed by atoms with van der Waals surface area (Å²) in [5, 5.41) is 12.9. The van der Waals surface area contributed by atoms with E-state index in [0.717, 1.165) is 28.9 Å². The molecule has 1 unspecified atom stereocenters. The molecular formula is C24H23FN4O2. The Morgan fingerprint density at radius 1 is 1.19 bits per heavy atom. The third-order valence-corrected chi connectivity index (χ3v) is 5.48. The van der Waals surface area contributed by atoms with Crippen LogP contribution in [0.4, 0.5) is 10.1 Å². The summed E-state index contributed by atoms with van der Waals surface area (Å²) in [5.41, 5.74) is 5.43. The second-order valence-corrected chi connectivity index (χ2v) is 7.59. The molecule has 0 saturated heterocycles. The van der Waals surface area contributed by atoms with Gasteiger partial charge in [0.15, 0.2) is 0 Å². The van der Waals surface area contributed by atoms with Crippen molar-refractivity contribution in [3.05, 3.63) is 82.9 Å². The fourth-order valence-corrected chi connectivity index (χ4v) is 3.63. The van der Waals surface area contributed by atoms with Gasteiger partial charge in [-0.05, 0) is 48.7 Å². The van der Waals surface area contributed by atoms with Crippen LogP contribution >= 0.6 is 0 Å². The number of rotatable bonds is 5. The number of halogens is 1. The number of nitrogens with one attached hydrogen (secondary N) is 3. The van der Waals surface area contributed by atoms with Crippen molar-refractivity contribution in [2.45, 2.75) is 32.6 Å². The Balaban J connectivity index is 1.61. The van der Waals surface area contributed by atoms with Crippen LogP contribution in [-0.4, -0.2) is 22.0 Å². The van der Waals surface area contributed by atoms with Gasteiger partial charge in [-0.25, -0.2) is 4.39 Å². The number of aromatic nitrogens is 2. The highest BCUT2D eigenvalue weighted by molar-refractivity contribution is 6.07. The number of nitrogens with zero attached hydrogens (tertiary/aromatic N) is 1. The molecule has 0 aliphatic carbocycles. The standard InChI is InChI=1S/C24H23FN4O2/c1-3-18-11-22(29-28-18)16-5-4-14(2)21(10-16)27-24(31)20-13-26-23(30)12-19(20)15-6-8-17(25)9-7-15/h4-11,13,19H,3,12H2,1-2H3,(H,26,30)(H,27,31)(H,28,29). The number of carbonyl (C=O) groups excluding carboxylic acids is 2. The van der Waals surface area contributed by atoms with Gasteiger partial charge in [-0.15, -0.1) is 0 Å². The smallest absolute Gasteiger partial charge is 0.253 e. The van der Waals surface area contributed by atoms with E-state index >= 15 is 0 Å². The molecule has 4 rings (SSSR count). The van der Waals surface area contributed by atoms with Crippen LogP contribution in [0.3, 0.4) is 0 Å². The maximum absolute atomic E-state index is 13.3. The average Bonchev–Trinajstić information content (AvgIpc) is 3.25. The van der Waals surface area contributed by atoms with E-state index < -0.39 is 5.92 Å². The van der Waals surface area contributed by atoms with Crippen molar-refractivity contribution in [2.75, 3.05) is 5.32 Å². The number of H-pyrrole nitrogens is 1. The molecule has 3 N–H and O–H groups in total. The Morgan fingerprint density at radius 3 is 2.68 bits per heavy atom. The van der Waals surface area contributed by atoms with Crippen LogP contribution < -0.4 is 10.6 Å². The Morgan fingerprint density at radius 2 is 1.97 bits per heavy atom. The maximum atomic E-state index is 13.3. The SMILES string of the molecule is CCc1cc(-c2ccc(C)c(NC(=O)C3=CNC(=O)CC3c3ccc(F)cc3)c2)n[nH]1. The number of aromatic amines is 1. The summed E-state index contributed by atoms with van der Waals surface area (Å²) in [6, 6.07) is 13.6. The van der Waals surface area contributed by atoms with Gasteiger partial charge in [-0.3, -0.25) is 14.7 Å². The van der Waals surface area contributed by atoms with Gasteiger partial charge in [0.1, 0.15) is 5.82 Å². The molecule has 1 atom stereocenters. The van der Waals surface area contributed by atoms with Gasteiger partial charge in [0.05, 0.1) is 5.69 Å². The van der Waals surface area contributed by atoms with Crippen molar-refractivity contribution in [3.63, 3.8) is 0 Å². The van der Waals surface area contributed by atoms with Crippen molar-refractivity contribution < 1.29 is 14.0 Å². The highest BCUT2D eigenvalue weighted by atomic mass is 19.1. The van der Waals surface area contributed by atoms with Gasteiger partial charge >= 0.3 is 0 Å². The average molecular weight is 418 g/mol. The second-order valence-electron chi connectivity index (χ2n) is 7.59. The lowest BCUT2D eigenvalue weighted by Crippen LogP contribution is -2.32. The van der Waals surface area contributed by atoms with Crippen molar-refractivity contribution in [3.8, 4) is 11.3 Å². The summed E-state index contributed by atoms with van der Waals surface area (Å²) in [7, 11) is 0. The van der Waals surface area contributed by atoms with E-state index in [1.165, 1.54) is 18.3 Å². The van der Waals surface area contributed by atoms with E-state index in [1.54, 1.807) is 12.1 Å². The predicted molar refractivity (Wildman–Crippen MR) is 117 cm³/mol. The topological polar surface area (TPSA) is 86.9 Å². The lowest BCUT2D eigenvalue weighted by Gasteiger charge is -2.24. The first-order valence-corrected chi connectivity index (χ1v) is 10.2. The number of carbonyl (C=O) groups is 2. The zero-order valence-corrected chi connectivity index (χ0v) is 17.3. The zero-order valence-electron chi connectivity index (χ0n) is 17.3. The van der Waals surface area contributed by atoms with Crippen molar-refractivity contribution >= 4 is 17.5 Å². The maximum Gasteiger partial charge on any atom is 0.253 e. The van der Waals surface area contributed by atoms with Gasteiger partial charge < -0.3 is 10.6 Å². The first-order chi connectivity index (χ1) is 14.9. The molecule has 0 bridgehead atoms. The second kappa shape index (κ2) is 8.55. The van der Waals surface area contributed by atoms with Crippen LogP contribution in [0.5, 0.6) is 0 Å². The molecule has 2 aromatic carbocycles. The number of benzene rings is 2. The highest BCUT2D eigenvalue weighted by Gasteiger charge is 2.29. The van der Waals surface area contributed by atoms with Gasteiger partial charge in [-0.1, -0.05) is 31.2 Å². The van der Waals surface area contributed by atoms with Crippen LogP contribution in [0.25, 0.3) is 11.3 Å². The van der Waals surface area contributed by atoms with Crippen molar-refractivity contribution in [1.82, 2.24) is 15.5 Å². The molecule has 0 radical (unpaired) electrons. The van der Waals surface area contributed by atoms with Crippen LogP contribution in [0.1, 0.15) is 36.1 Å². The summed E-state index contributed by atoms with van der Waals surface area (Å²) < 4.78 is 13.3. The van der Waals surface area contributed by atoms with E-state index in [2.05, 4.69) is 20.8 Å². The van der Waals surface area contributed by atoms with Crippen molar-refractivity contribution in [1.29, 1.82) is 0 Å². The molecule has 2 amide bonds. The molecule has 0 fully saturated rings. The fourth-order valence-electron chi connectivity index (χ4n) is 3.63. The largest absolute Gasteiger partial charge is 0.332 e. The van der Waals surface area contributed by atoms with E-state index in [4.69, 9.17) is 0 Å². The molecule has 31 heavy (non-hydrogen) atoms. The molecular weight excluding hydrogens is 395 g/mol. The Kier molecular flexibility index (Phi) is 5.66. The highest BCUT2D eigenvalue weighted by Crippen LogP contribution is 2.32. The van der Waals surface area contributed by atoms with Crippen molar-refractivity contribution in [2.24, 2.45) is 0 Å². The van der Waals surface area contributed by atoms with Crippen LogP contribution in [0.2, 0.25) is 0 Å². The number of anilines is 1. The first-order valence-electron chi connectivity index (χ1n) is 10.2. The third kappa shape index (κ3) is 4.40. The lowest BCUT2D eigenvalue weighted by molar-refractivity contribution is -0.121. The third-order valence-electron chi connectivity index (χ3n) is 5.48. The lowest BCUT2D eigenvalue weighted by atomic mass is 9.86. The van der Waals surface area contributed by atoms with Crippen LogP contribution in [0, 0.1) is 12.7 Å². The molecule has 0 spiro atoms. The Labute approximate surface area is 179 Å². The van der Waals surface area contributed by atoms with E-state index in [-0.39, 0.29) is 24.1 Å². The Hall–Kier alpha value is -3.74. The summed E-state index contributed by atoms with van der Waals surface area (Å²) >= 11 is 0. The molecule has 1 aliphatic heterocycles. The Bertz CT molecular complexity index is 1160. The molecule has 3 aromatic rings. The minimum atomic E-state index is -0.448. The number of hydrogen-bond donors (Lipinski definition) is 3.